The average molecular weight is 241 g/mol. The second-order valence-corrected chi connectivity index (χ2v) is 5.27. The second kappa shape index (κ2) is 5.07. The van der Waals surface area contributed by atoms with Crippen molar-refractivity contribution in [1.29, 1.82) is 0 Å². The van der Waals surface area contributed by atoms with E-state index < -0.39 is 0 Å². The number of nitrogens with one attached hydrogen (secondary N) is 1. The molecule has 0 aliphatic rings. The molecule has 0 radical (unpaired) electrons. The summed E-state index contributed by atoms with van der Waals surface area (Å²) in [5, 5.41) is 4.25. The number of anilines is 1. The van der Waals surface area contributed by atoms with Crippen molar-refractivity contribution in [2.24, 2.45) is 11.7 Å². The third-order valence-electron chi connectivity index (χ3n) is 3.30. The Morgan fingerprint density at radius 3 is 2.50 bits per heavy atom. The molecule has 0 saturated heterocycles. The van der Waals surface area contributed by atoms with Crippen LogP contribution in [0.2, 0.25) is 5.02 Å². The van der Waals surface area contributed by atoms with Crippen LogP contribution in [0.15, 0.2) is 18.2 Å². The summed E-state index contributed by atoms with van der Waals surface area (Å²) in [6, 6.07) is 6.01. The molecule has 0 bridgehead atoms. The van der Waals surface area contributed by atoms with E-state index >= 15 is 0 Å². The van der Waals surface area contributed by atoms with Crippen LogP contribution in [0.25, 0.3) is 0 Å². The molecule has 0 heterocycles. The van der Waals surface area contributed by atoms with Crippen molar-refractivity contribution < 1.29 is 0 Å². The molecule has 0 amide bonds. The monoisotopic (exact) mass is 240 g/mol. The van der Waals surface area contributed by atoms with Crippen LogP contribution in [-0.2, 0) is 0 Å². The number of halogens is 1. The first-order valence-electron chi connectivity index (χ1n) is 5.63. The lowest BCUT2D eigenvalue weighted by Gasteiger charge is -2.34. The predicted molar refractivity (Wildman–Crippen MR) is 72.1 cm³/mol. The zero-order chi connectivity index (χ0) is 12.3. The molecule has 16 heavy (non-hydrogen) atoms. The van der Waals surface area contributed by atoms with E-state index in [1.54, 1.807) is 0 Å². The smallest absolute Gasteiger partial charge is 0.0490 e. The summed E-state index contributed by atoms with van der Waals surface area (Å²) in [5.74, 6) is 0.456. The number of benzene rings is 1. The highest BCUT2D eigenvalue weighted by Crippen LogP contribution is 2.25. The van der Waals surface area contributed by atoms with Crippen molar-refractivity contribution >= 4 is 17.3 Å². The van der Waals surface area contributed by atoms with E-state index in [-0.39, 0.29) is 5.54 Å². The molecule has 1 aromatic carbocycles. The topological polar surface area (TPSA) is 38.0 Å². The molecule has 1 aromatic rings. The summed E-state index contributed by atoms with van der Waals surface area (Å²) >= 11 is 6.09. The lowest BCUT2D eigenvalue weighted by Crippen LogP contribution is -2.47. The molecule has 1 rings (SSSR count). The fraction of sp³-hybridized carbons (Fsp3) is 0.538. The molecule has 0 fully saturated rings. The van der Waals surface area contributed by atoms with Crippen LogP contribution < -0.4 is 11.1 Å². The molecular formula is C13H21ClN2. The molecule has 0 aliphatic heterocycles. The quantitative estimate of drug-likeness (QED) is 0.846. The Labute approximate surface area is 103 Å². The molecule has 3 N–H and O–H groups in total. The molecule has 1 atom stereocenters. The Kier molecular flexibility index (Phi) is 4.22. The van der Waals surface area contributed by atoms with Gasteiger partial charge in [-0.1, -0.05) is 31.5 Å². The van der Waals surface area contributed by atoms with Gasteiger partial charge in [0, 0.05) is 22.8 Å². The lowest BCUT2D eigenvalue weighted by molar-refractivity contribution is 0.382. The number of rotatable bonds is 4. The highest BCUT2D eigenvalue weighted by molar-refractivity contribution is 6.31. The summed E-state index contributed by atoms with van der Waals surface area (Å²) < 4.78 is 0. The van der Waals surface area contributed by atoms with Gasteiger partial charge in [-0.2, -0.15) is 0 Å². The first-order chi connectivity index (χ1) is 7.39. The molecule has 1 unspecified atom stereocenters. The van der Waals surface area contributed by atoms with E-state index in [1.807, 2.05) is 25.1 Å². The fourth-order valence-electron chi connectivity index (χ4n) is 1.43. The van der Waals surface area contributed by atoms with Crippen LogP contribution in [0, 0.1) is 12.8 Å². The van der Waals surface area contributed by atoms with Gasteiger partial charge in [0.2, 0.25) is 0 Å². The van der Waals surface area contributed by atoms with Crippen molar-refractivity contribution in [2.45, 2.75) is 33.2 Å². The molecule has 0 saturated carbocycles. The zero-order valence-corrected chi connectivity index (χ0v) is 11.2. The average Bonchev–Trinajstić information content (AvgIpc) is 2.23. The van der Waals surface area contributed by atoms with Gasteiger partial charge in [0.25, 0.3) is 0 Å². The van der Waals surface area contributed by atoms with Crippen LogP contribution in [0.3, 0.4) is 0 Å². The summed E-state index contributed by atoms with van der Waals surface area (Å²) in [5.41, 5.74) is 7.84. The Balaban J connectivity index is 2.90. The SMILES string of the molecule is Cc1ccc(NC(C)(CN)C(C)C)cc1Cl. The van der Waals surface area contributed by atoms with E-state index in [9.17, 15) is 0 Å². The zero-order valence-electron chi connectivity index (χ0n) is 10.5. The Hall–Kier alpha value is -0.730. The number of hydrogen-bond acceptors (Lipinski definition) is 2. The van der Waals surface area contributed by atoms with E-state index in [1.165, 1.54) is 0 Å². The maximum Gasteiger partial charge on any atom is 0.0490 e. The summed E-state index contributed by atoms with van der Waals surface area (Å²) in [7, 11) is 0. The van der Waals surface area contributed by atoms with Crippen molar-refractivity contribution in [1.82, 2.24) is 0 Å². The molecule has 0 aromatic heterocycles. The van der Waals surface area contributed by atoms with Crippen LogP contribution in [0.5, 0.6) is 0 Å². The Morgan fingerprint density at radius 2 is 2.06 bits per heavy atom. The van der Waals surface area contributed by atoms with Gasteiger partial charge in [-0.15, -0.1) is 0 Å². The normalized spacial score (nSPS) is 14.9. The Bertz CT molecular complexity index is 363. The first kappa shape index (κ1) is 13.3. The van der Waals surface area contributed by atoms with Crippen molar-refractivity contribution in [3.05, 3.63) is 28.8 Å². The third kappa shape index (κ3) is 2.89. The van der Waals surface area contributed by atoms with Crippen LogP contribution >= 0.6 is 11.6 Å². The first-order valence-corrected chi connectivity index (χ1v) is 6.01. The van der Waals surface area contributed by atoms with E-state index in [2.05, 4.69) is 26.1 Å². The van der Waals surface area contributed by atoms with Gasteiger partial charge in [-0.25, -0.2) is 0 Å². The predicted octanol–water partition coefficient (Wildman–Crippen LogP) is 3.43. The molecule has 3 heteroatoms. The van der Waals surface area contributed by atoms with Gasteiger partial charge in [0.1, 0.15) is 0 Å². The Morgan fingerprint density at radius 1 is 1.44 bits per heavy atom. The van der Waals surface area contributed by atoms with Crippen LogP contribution in [0.4, 0.5) is 5.69 Å². The van der Waals surface area contributed by atoms with Crippen LogP contribution in [-0.4, -0.2) is 12.1 Å². The lowest BCUT2D eigenvalue weighted by atomic mass is 9.88. The van der Waals surface area contributed by atoms with Gasteiger partial charge in [-0.05, 0) is 37.5 Å². The van der Waals surface area contributed by atoms with E-state index in [0.29, 0.717) is 12.5 Å². The molecule has 0 aliphatic carbocycles. The van der Waals surface area contributed by atoms with Gasteiger partial charge in [0.15, 0.2) is 0 Å². The summed E-state index contributed by atoms with van der Waals surface area (Å²) in [6.07, 6.45) is 0. The van der Waals surface area contributed by atoms with E-state index in [0.717, 1.165) is 16.3 Å². The highest BCUT2D eigenvalue weighted by atomic mass is 35.5. The highest BCUT2D eigenvalue weighted by Gasteiger charge is 2.26. The molecule has 2 nitrogen and oxygen atoms in total. The van der Waals surface area contributed by atoms with E-state index in [4.69, 9.17) is 17.3 Å². The van der Waals surface area contributed by atoms with Gasteiger partial charge >= 0.3 is 0 Å². The van der Waals surface area contributed by atoms with Crippen molar-refractivity contribution in [3.63, 3.8) is 0 Å². The maximum absolute atomic E-state index is 6.09. The molecule has 0 spiro atoms. The van der Waals surface area contributed by atoms with Crippen LogP contribution in [0.1, 0.15) is 26.3 Å². The standard InChI is InChI=1S/C13H21ClN2/c1-9(2)13(4,8-15)16-11-6-5-10(3)12(14)7-11/h5-7,9,16H,8,15H2,1-4H3. The maximum atomic E-state index is 6.09. The van der Waals surface area contributed by atoms with Gasteiger partial charge in [-0.3, -0.25) is 0 Å². The fourth-order valence-corrected chi connectivity index (χ4v) is 1.61. The number of aryl methyl sites for hydroxylation is 1. The summed E-state index contributed by atoms with van der Waals surface area (Å²) in [4.78, 5) is 0. The largest absolute Gasteiger partial charge is 0.378 e. The summed E-state index contributed by atoms with van der Waals surface area (Å²) in [6.45, 7) is 9.05. The number of nitrogens with two attached hydrogens (primary N) is 1. The molecule has 90 valence electrons. The van der Waals surface area contributed by atoms with Gasteiger partial charge in [0.05, 0.1) is 0 Å². The second-order valence-electron chi connectivity index (χ2n) is 4.87. The minimum atomic E-state index is -0.0986. The minimum Gasteiger partial charge on any atom is -0.378 e. The third-order valence-corrected chi connectivity index (χ3v) is 3.71. The van der Waals surface area contributed by atoms with Gasteiger partial charge < -0.3 is 11.1 Å². The number of hydrogen-bond donors (Lipinski definition) is 2. The molecular weight excluding hydrogens is 220 g/mol. The van der Waals surface area contributed by atoms with Crippen molar-refractivity contribution in [3.8, 4) is 0 Å². The van der Waals surface area contributed by atoms with Crippen molar-refractivity contribution in [2.75, 3.05) is 11.9 Å². The minimum absolute atomic E-state index is 0.0986.